The van der Waals surface area contributed by atoms with E-state index in [0.29, 0.717) is 31.2 Å². The molecule has 0 aliphatic heterocycles. The molecule has 0 radical (unpaired) electrons. The number of fused-ring (bicyclic) bond motifs is 6. The van der Waals surface area contributed by atoms with Crippen molar-refractivity contribution in [2.24, 2.45) is 17.8 Å². The van der Waals surface area contributed by atoms with Crippen molar-refractivity contribution in [1.29, 1.82) is 0 Å². The van der Waals surface area contributed by atoms with E-state index >= 15 is 0 Å². The monoisotopic (exact) mass is 812 g/mol. The number of aromatic nitrogens is 10. The van der Waals surface area contributed by atoms with Gasteiger partial charge < -0.3 is 28.1 Å². The van der Waals surface area contributed by atoms with Crippen molar-refractivity contribution in [3.63, 3.8) is 0 Å². The Kier molecular flexibility index (Phi) is 12.1. The second kappa shape index (κ2) is 16.9. The number of rotatable bonds is 14. The third kappa shape index (κ3) is 9.08. The van der Waals surface area contributed by atoms with Crippen molar-refractivity contribution in [1.82, 2.24) is 48.3 Å². The third-order valence-corrected chi connectivity index (χ3v) is 15.0. The zero-order valence-corrected chi connectivity index (χ0v) is 37.2. The number of hydrogen-bond acceptors (Lipinski definition) is 10. The van der Waals surface area contributed by atoms with Crippen LogP contribution in [0.4, 0.5) is 0 Å². The van der Waals surface area contributed by atoms with E-state index in [-0.39, 0.29) is 11.8 Å². The van der Waals surface area contributed by atoms with Gasteiger partial charge in [0, 0.05) is 59.5 Å². The fraction of sp³-hybridized carbons (Fsp3) is 0.585. The molecule has 8 rings (SSSR count). The molecular weight excluding hydrogens is 753 g/mol. The van der Waals surface area contributed by atoms with Gasteiger partial charge in [-0.3, -0.25) is 8.80 Å². The largest absolute Gasteiger partial charge is 0.504 e. The number of ether oxygens (including phenoxy) is 3. The number of hydrogen-bond donors (Lipinski definition) is 0. The highest BCUT2D eigenvalue weighted by Crippen LogP contribution is 2.43. The zero-order chi connectivity index (χ0) is 40.5. The predicted octanol–water partition coefficient (Wildman–Crippen LogP) is 8.16. The van der Waals surface area contributed by atoms with Crippen LogP contribution in [0.2, 0.25) is 51.4 Å². The molecule has 2 aliphatic rings. The highest BCUT2D eigenvalue weighted by molar-refractivity contribution is 6.76. The van der Waals surface area contributed by atoms with Gasteiger partial charge in [0.25, 0.3) is 0 Å². The van der Waals surface area contributed by atoms with E-state index in [1.54, 1.807) is 13.3 Å². The molecule has 2 fully saturated rings. The normalized spacial score (nSPS) is 22.3. The van der Waals surface area contributed by atoms with Crippen LogP contribution in [0.5, 0.6) is 0 Å². The van der Waals surface area contributed by atoms with Crippen LogP contribution in [0, 0.1) is 17.8 Å². The summed E-state index contributed by atoms with van der Waals surface area (Å²) in [5.74, 6) is 3.56. The molecule has 5 atom stereocenters. The van der Waals surface area contributed by atoms with Gasteiger partial charge in [-0.2, -0.15) is 0 Å². The van der Waals surface area contributed by atoms with E-state index in [1.807, 2.05) is 29.4 Å². The lowest BCUT2D eigenvalue weighted by atomic mass is 9.97. The van der Waals surface area contributed by atoms with Crippen LogP contribution in [0.15, 0.2) is 48.8 Å². The first kappa shape index (κ1) is 40.9. The highest BCUT2D eigenvalue weighted by Gasteiger charge is 2.36. The molecule has 0 amide bonds. The molecule has 14 nitrogen and oxygen atoms in total. The maximum Gasteiger partial charge on any atom is 0.179 e. The molecule has 2 saturated carbocycles. The average molecular weight is 813 g/mol. The summed E-state index contributed by atoms with van der Waals surface area (Å²) >= 11 is 0. The Morgan fingerprint density at radius 1 is 0.719 bits per heavy atom. The highest BCUT2D eigenvalue weighted by atomic mass is 28.3. The van der Waals surface area contributed by atoms with Gasteiger partial charge in [-0.25, -0.2) is 9.97 Å². The second-order valence-corrected chi connectivity index (χ2v) is 29.9. The third-order valence-electron chi connectivity index (χ3n) is 11.6. The van der Waals surface area contributed by atoms with Crippen molar-refractivity contribution >= 4 is 56.1 Å². The average Bonchev–Trinajstić information content (AvgIpc) is 4.01. The SMILES string of the molecule is CC1CC(C=O)CC1c1nnc2cnc3c(ccn3COCC[Si](C)(C)C)n12.COC=C1CC(C)C(c2nnc3cnc4c(ccn4COCC[Si](C)(C)C)n23)C1. The van der Waals surface area contributed by atoms with Gasteiger partial charge in [-0.15, -0.1) is 20.4 Å². The fourth-order valence-corrected chi connectivity index (χ4v) is 9.84. The quantitative estimate of drug-likeness (QED) is 0.0458. The van der Waals surface area contributed by atoms with Crippen molar-refractivity contribution in [3.8, 4) is 0 Å². The lowest BCUT2D eigenvalue weighted by molar-refractivity contribution is -0.111. The van der Waals surface area contributed by atoms with Gasteiger partial charge in [-0.05, 0) is 67.3 Å². The van der Waals surface area contributed by atoms with Gasteiger partial charge in [0.1, 0.15) is 31.4 Å². The molecule has 5 unspecified atom stereocenters. The number of allylic oxidation sites excluding steroid dienone is 1. The summed E-state index contributed by atoms with van der Waals surface area (Å²) in [7, 11) is -0.469. The lowest BCUT2D eigenvalue weighted by Gasteiger charge is -2.16. The van der Waals surface area contributed by atoms with Crippen LogP contribution < -0.4 is 0 Å². The van der Waals surface area contributed by atoms with Crippen molar-refractivity contribution < 1.29 is 19.0 Å². The minimum Gasteiger partial charge on any atom is -0.504 e. The Hall–Kier alpha value is -4.26. The van der Waals surface area contributed by atoms with Crippen LogP contribution in [-0.2, 0) is 32.5 Å². The summed E-state index contributed by atoms with van der Waals surface area (Å²) in [6, 6.07) is 6.46. The Morgan fingerprint density at radius 2 is 1.25 bits per heavy atom. The molecule has 0 spiro atoms. The molecule has 0 aromatic carbocycles. The van der Waals surface area contributed by atoms with Crippen molar-refractivity contribution in [2.75, 3.05) is 20.3 Å². The van der Waals surface area contributed by atoms with Crippen molar-refractivity contribution in [2.45, 2.75) is 116 Å². The summed E-state index contributed by atoms with van der Waals surface area (Å²) in [5, 5.41) is 17.8. The molecule has 0 N–H and O–H groups in total. The van der Waals surface area contributed by atoms with E-state index in [9.17, 15) is 4.79 Å². The lowest BCUT2D eigenvalue weighted by Crippen LogP contribution is -2.22. The molecule has 6 heterocycles. The van der Waals surface area contributed by atoms with Gasteiger partial charge >= 0.3 is 0 Å². The molecule has 0 bridgehead atoms. The van der Waals surface area contributed by atoms with Crippen LogP contribution >= 0.6 is 0 Å². The first-order chi connectivity index (χ1) is 27.2. The first-order valence-electron chi connectivity index (χ1n) is 20.4. The molecule has 16 heteroatoms. The number of nitrogens with zero attached hydrogens (tertiary/aromatic N) is 10. The van der Waals surface area contributed by atoms with E-state index in [2.05, 4.69) is 109 Å². The Morgan fingerprint density at radius 3 is 1.72 bits per heavy atom. The summed E-state index contributed by atoms with van der Waals surface area (Å²) in [4.78, 5) is 20.5. The van der Waals surface area contributed by atoms with Crippen LogP contribution in [-0.4, -0.2) is 91.1 Å². The molecule has 306 valence electrons. The molecule has 57 heavy (non-hydrogen) atoms. The molecular formula is C41H60N10O4Si2. The maximum absolute atomic E-state index is 11.3. The summed E-state index contributed by atoms with van der Waals surface area (Å²) < 4.78 is 25.5. The topological polar surface area (TPSA) is 141 Å². The van der Waals surface area contributed by atoms with E-state index in [4.69, 9.17) is 14.2 Å². The Bertz CT molecular complexity index is 2350. The molecule has 2 aliphatic carbocycles. The van der Waals surface area contributed by atoms with E-state index < -0.39 is 16.1 Å². The molecule has 0 saturated heterocycles. The van der Waals surface area contributed by atoms with E-state index in [1.165, 1.54) is 5.57 Å². The van der Waals surface area contributed by atoms with Crippen LogP contribution in [0.25, 0.3) is 33.6 Å². The maximum atomic E-state index is 11.3. The Balaban J connectivity index is 0.000000174. The van der Waals surface area contributed by atoms with Crippen molar-refractivity contribution in [3.05, 3.63) is 60.4 Å². The zero-order valence-electron chi connectivity index (χ0n) is 35.2. The standard InChI is InChI=1S/C21H31N5O2Si.C20H29N5O2Si/c1-15-10-16(13-27-2)11-17(15)20-24-23-19-12-22-21-18(26(19)20)6-7-25(21)14-28-8-9-29(3,4)5;1-14-9-15(12-26)10-16(14)19-23-22-18-11-21-20-17(25(18)19)5-6-24(20)13-27-7-8-28(2,3)4/h6-7,12-13,15,17H,8-11,14H2,1-5H3;5-6,11-12,14-16H,7-10,13H2,1-4H3. The van der Waals surface area contributed by atoms with Gasteiger partial charge in [0.15, 0.2) is 22.6 Å². The van der Waals surface area contributed by atoms with E-state index in [0.717, 1.165) is 103 Å². The van der Waals surface area contributed by atoms with Crippen LogP contribution in [0.3, 0.4) is 0 Å². The summed E-state index contributed by atoms with van der Waals surface area (Å²) in [5.41, 5.74) is 6.69. The second-order valence-electron chi connectivity index (χ2n) is 18.7. The molecule has 6 aromatic heterocycles. The first-order valence-corrected chi connectivity index (χ1v) is 27.9. The fourth-order valence-electron chi connectivity index (χ4n) is 8.32. The molecule has 6 aromatic rings. The minimum atomic E-state index is -1.09. The van der Waals surface area contributed by atoms with Gasteiger partial charge in [-0.1, -0.05) is 53.1 Å². The number of aldehydes is 1. The summed E-state index contributed by atoms with van der Waals surface area (Å²) in [6.45, 7) is 21.2. The summed E-state index contributed by atoms with van der Waals surface area (Å²) in [6.07, 6.45) is 14.4. The number of carbonyl (C=O) groups is 1. The van der Waals surface area contributed by atoms with Crippen LogP contribution in [0.1, 0.15) is 63.0 Å². The number of carbonyl (C=O) groups excluding carboxylic acids is 1. The Labute approximate surface area is 337 Å². The van der Waals surface area contributed by atoms with Gasteiger partial charge in [0.2, 0.25) is 0 Å². The minimum absolute atomic E-state index is 0.119. The smallest absolute Gasteiger partial charge is 0.179 e. The predicted molar refractivity (Wildman–Crippen MR) is 228 cm³/mol. The van der Waals surface area contributed by atoms with Gasteiger partial charge in [0.05, 0.1) is 36.8 Å². The number of methoxy groups -OCH3 is 1.